The van der Waals surface area contributed by atoms with Gasteiger partial charge in [-0.15, -0.1) is 0 Å². The number of benzene rings is 2. The van der Waals surface area contributed by atoms with Crippen LogP contribution in [0.25, 0.3) is 0 Å². The zero-order valence-electron chi connectivity index (χ0n) is 16.1. The predicted molar refractivity (Wildman–Crippen MR) is 111 cm³/mol. The van der Waals surface area contributed by atoms with Crippen LogP contribution >= 0.6 is 11.6 Å². The fourth-order valence-electron chi connectivity index (χ4n) is 4.01. The Morgan fingerprint density at radius 1 is 1.03 bits per heavy atom. The van der Waals surface area contributed by atoms with Crippen molar-refractivity contribution in [1.82, 2.24) is 5.32 Å². The van der Waals surface area contributed by atoms with Crippen LogP contribution in [-0.4, -0.2) is 17.6 Å². The Morgan fingerprint density at radius 2 is 1.73 bits per heavy atom. The lowest BCUT2D eigenvalue weighted by molar-refractivity contribution is -0.129. The molecule has 4 rings (SSSR count). The Morgan fingerprint density at radius 3 is 2.43 bits per heavy atom. The third-order valence-corrected chi connectivity index (χ3v) is 5.83. The zero-order valence-corrected chi connectivity index (χ0v) is 16.8. The standard InChI is InChI=1S/C23H20ClFN2O3/c24-16-3-7-18(8-4-16)26-22(29)12-15-9-19-20(27-23(15)30)10-14(11-21(19)28)13-1-5-17(25)6-2-13/h1-8,14-15H,9-12H2,(H,26,29)(H,27,30)/t14-,15-/m0/s1. The molecule has 1 aliphatic heterocycles. The van der Waals surface area contributed by atoms with Crippen LogP contribution in [0.1, 0.15) is 37.2 Å². The van der Waals surface area contributed by atoms with Gasteiger partial charge in [0.15, 0.2) is 5.78 Å². The molecule has 0 fully saturated rings. The molecule has 0 saturated heterocycles. The molecule has 5 nitrogen and oxygen atoms in total. The van der Waals surface area contributed by atoms with E-state index in [2.05, 4.69) is 10.6 Å². The van der Waals surface area contributed by atoms with E-state index in [-0.39, 0.29) is 42.2 Å². The molecule has 1 heterocycles. The highest BCUT2D eigenvalue weighted by molar-refractivity contribution is 6.30. The Hall–Kier alpha value is -2.99. The van der Waals surface area contributed by atoms with E-state index in [1.807, 2.05) is 0 Å². The van der Waals surface area contributed by atoms with Gasteiger partial charge in [0.25, 0.3) is 0 Å². The first-order valence-electron chi connectivity index (χ1n) is 9.76. The molecule has 1 aliphatic carbocycles. The van der Waals surface area contributed by atoms with Gasteiger partial charge in [-0.3, -0.25) is 14.4 Å². The maximum atomic E-state index is 13.2. The Labute approximate surface area is 178 Å². The molecule has 0 bridgehead atoms. The first-order valence-corrected chi connectivity index (χ1v) is 10.1. The monoisotopic (exact) mass is 426 g/mol. The maximum absolute atomic E-state index is 13.2. The van der Waals surface area contributed by atoms with Crippen molar-refractivity contribution in [2.45, 2.75) is 31.6 Å². The smallest absolute Gasteiger partial charge is 0.228 e. The van der Waals surface area contributed by atoms with Crippen LogP contribution in [-0.2, 0) is 14.4 Å². The van der Waals surface area contributed by atoms with Crippen LogP contribution in [0.4, 0.5) is 10.1 Å². The molecule has 30 heavy (non-hydrogen) atoms. The summed E-state index contributed by atoms with van der Waals surface area (Å²) in [7, 11) is 0. The summed E-state index contributed by atoms with van der Waals surface area (Å²) < 4.78 is 13.2. The Balaban J connectivity index is 1.43. The number of hydrogen-bond acceptors (Lipinski definition) is 3. The molecule has 7 heteroatoms. The number of carbonyl (C=O) groups excluding carboxylic acids is 3. The van der Waals surface area contributed by atoms with Crippen molar-refractivity contribution in [2.24, 2.45) is 5.92 Å². The quantitative estimate of drug-likeness (QED) is 0.763. The maximum Gasteiger partial charge on any atom is 0.228 e. The average Bonchev–Trinajstić information content (AvgIpc) is 2.71. The second-order valence-corrected chi connectivity index (χ2v) is 8.12. The van der Waals surface area contributed by atoms with Gasteiger partial charge in [0, 0.05) is 34.8 Å². The summed E-state index contributed by atoms with van der Waals surface area (Å²) in [5, 5.41) is 6.14. The van der Waals surface area contributed by atoms with E-state index in [4.69, 9.17) is 11.6 Å². The molecule has 2 aliphatic rings. The van der Waals surface area contributed by atoms with E-state index in [9.17, 15) is 18.8 Å². The number of nitrogens with one attached hydrogen (secondary N) is 2. The normalized spacial score (nSPS) is 21.1. The minimum Gasteiger partial charge on any atom is -0.329 e. The van der Waals surface area contributed by atoms with Crippen LogP contribution in [0.15, 0.2) is 59.8 Å². The molecule has 2 N–H and O–H groups in total. The summed E-state index contributed by atoms with van der Waals surface area (Å²) in [6, 6.07) is 12.8. The Bertz CT molecular complexity index is 1030. The van der Waals surface area contributed by atoms with E-state index < -0.39 is 5.92 Å². The number of halogens is 2. The van der Waals surface area contributed by atoms with E-state index in [0.717, 1.165) is 5.56 Å². The lowest BCUT2D eigenvalue weighted by Crippen LogP contribution is -2.41. The van der Waals surface area contributed by atoms with E-state index in [1.165, 1.54) is 12.1 Å². The molecule has 0 aromatic heterocycles. The highest BCUT2D eigenvalue weighted by Crippen LogP contribution is 2.38. The van der Waals surface area contributed by atoms with Crippen molar-refractivity contribution in [3.63, 3.8) is 0 Å². The van der Waals surface area contributed by atoms with Crippen molar-refractivity contribution in [1.29, 1.82) is 0 Å². The van der Waals surface area contributed by atoms with Crippen molar-refractivity contribution in [3.8, 4) is 0 Å². The zero-order chi connectivity index (χ0) is 21.3. The highest BCUT2D eigenvalue weighted by atomic mass is 35.5. The summed E-state index contributed by atoms with van der Waals surface area (Å²) in [4.78, 5) is 37.7. The lowest BCUT2D eigenvalue weighted by Gasteiger charge is -2.33. The molecule has 2 aromatic carbocycles. The largest absolute Gasteiger partial charge is 0.329 e. The number of amides is 2. The molecule has 0 unspecified atom stereocenters. The SMILES string of the molecule is O=C(C[C@@H]1CC2=C(C[C@H](c3ccc(F)cc3)CC2=O)NC1=O)Nc1ccc(Cl)cc1. The van der Waals surface area contributed by atoms with E-state index in [0.29, 0.717) is 34.8 Å². The molecule has 0 radical (unpaired) electrons. The summed E-state index contributed by atoms with van der Waals surface area (Å²) in [6.07, 6.45) is 1.07. The third-order valence-electron chi connectivity index (χ3n) is 5.58. The van der Waals surface area contributed by atoms with Crippen LogP contribution in [0.5, 0.6) is 0 Å². The number of hydrogen-bond donors (Lipinski definition) is 2. The predicted octanol–water partition coefficient (Wildman–Crippen LogP) is 4.34. The fraction of sp³-hybridized carbons (Fsp3) is 0.261. The fourth-order valence-corrected chi connectivity index (χ4v) is 4.14. The summed E-state index contributed by atoms with van der Waals surface area (Å²) in [6.45, 7) is 0. The Kier molecular flexibility index (Phi) is 5.68. The first kappa shape index (κ1) is 20.3. The highest BCUT2D eigenvalue weighted by Gasteiger charge is 2.37. The van der Waals surface area contributed by atoms with Gasteiger partial charge in [-0.05, 0) is 60.7 Å². The number of carbonyl (C=O) groups is 3. The molecule has 0 saturated carbocycles. The number of rotatable bonds is 4. The molecule has 2 atom stereocenters. The van der Waals surface area contributed by atoms with Gasteiger partial charge in [-0.25, -0.2) is 4.39 Å². The molecular formula is C23H20ClFN2O3. The van der Waals surface area contributed by atoms with Crippen LogP contribution in [0.3, 0.4) is 0 Å². The second-order valence-electron chi connectivity index (χ2n) is 7.69. The second kappa shape index (κ2) is 8.40. The molecular weight excluding hydrogens is 407 g/mol. The van der Waals surface area contributed by atoms with Gasteiger partial charge in [-0.2, -0.15) is 0 Å². The lowest BCUT2D eigenvalue weighted by atomic mass is 9.77. The molecule has 2 aromatic rings. The summed E-state index contributed by atoms with van der Waals surface area (Å²) in [5.74, 6) is -1.61. The topological polar surface area (TPSA) is 75.3 Å². The van der Waals surface area contributed by atoms with Crippen LogP contribution in [0.2, 0.25) is 5.02 Å². The number of anilines is 1. The first-order chi connectivity index (χ1) is 14.4. The van der Waals surface area contributed by atoms with Crippen molar-refractivity contribution < 1.29 is 18.8 Å². The average molecular weight is 427 g/mol. The molecule has 154 valence electrons. The van der Waals surface area contributed by atoms with Gasteiger partial charge in [-0.1, -0.05) is 23.7 Å². The van der Waals surface area contributed by atoms with Crippen molar-refractivity contribution >= 4 is 34.9 Å². The summed E-state index contributed by atoms with van der Waals surface area (Å²) >= 11 is 5.84. The number of ketones is 1. The van der Waals surface area contributed by atoms with Gasteiger partial charge in [0.05, 0.1) is 5.92 Å². The third kappa shape index (κ3) is 4.44. The van der Waals surface area contributed by atoms with Crippen molar-refractivity contribution in [2.75, 3.05) is 5.32 Å². The number of Topliss-reactive ketones (excluding diaryl/α,β-unsaturated/α-hetero) is 1. The van der Waals surface area contributed by atoms with Crippen LogP contribution in [0, 0.1) is 11.7 Å². The van der Waals surface area contributed by atoms with Gasteiger partial charge >= 0.3 is 0 Å². The number of allylic oxidation sites excluding steroid dienone is 2. The molecule has 0 spiro atoms. The molecule has 2 amide bonds. The van der Waals surface area contributed by atoms with Gasteiger partial charge in [0.1, 0.15) is 5.82 Å². The van der Waals surface area contributed by atoms with Gasteiger partial charge < -0.3 is 10.6 Å². The minimum absolute atomic E-state index is 0.0140. The van der Waals surface area contributed by atoms with Gasteiger partial charge in [0.2, 0.25) is 11.8 Å². The summed E-state index contributed by atoms with van der Waals surface area (Å²) in [5.41, 5.74) is 2.68. The van der Waals surface area contributed by atoms with Crippen molar-refractivity contribution in [3.05, 3.63) is 76.2 Å². The van der Waals surface area contributed by atoms with E-state index in [1.54, 1.807) is 36.4 Å². The van der Waals surface area contributed by atoms with Crippen LogP contribution < -0.4 is 10.6 Å². The van der Waals surface area contributed by atoms with E-state index >= 15 is 0 Å². The minimum atomic E-state index is -0.595.